The summed E-state index contributed by atoms with van der Waals surface area (Å²) in [5.41, 5.74) is 4.92. The molecule has 0 radical (unpaired) electrons. The molecule has 0 amide bonds. The first kappa shape index (κ1) is 14.6. The van der Waals surface area contributed by atoms with E-state index in [0.29, 0.717) is 0 Å². The minimum Gasteiger partial charge on any atom is -0.371 e. The fraction of sp³-hybridized carbons (Fsp3) is 0.333. The third-order valence-electron chi connectivity index (χ3n) is 4.20. The Morgan fingerprint density at radius 3 is 2.81 bits per heavy atom. The van der Waals surface area contributed by atoms with Crippen LogP contribution in [-0.4, -0.2) is 13.7 Å². The molecule has 2 atom stereocenters. The fourth-order valence-electron chi connectivity index (χ4n) is 3.00. The van der Waals surface area contributed by atoms with Crippen molar-refractivity contribution in [2.45, 2.75) is 25.5 Å². The summed E-state index contributed by atoms with van der Waals surface area (Å²) >= 11 is 6.29. The molecular weight excluding hydrogens is 282 g/mol. The van der Waals surface area contributed by atoms with Gasteiger partial charge in [-0.2, -0.15) is 0 Å². The summed E-state index contributed by atoms with van der Waals surface area (Å²) in [6.07, 6.45) is 1.01. The van der Waals surface area contributed by atoms with Gasteiger partial charge < -0.3 is 10.1 Å². The summed E-state index contributed by atoms with van der Waals surface area (Å²) in [5, 5.41) is 4.19. The largest absolute Gasteiger partial charge is 0.371 e. The second-order valence-electron chi connectivity index (χ2n) is 5.52. The first-order chi connectivity index (χ1) is 10.2. The smallest absolute Gasteiger partial charge is 0.102 e. The maximum Gasteiger partial charge on any atom is 0.102 e. The van der Waals surface area contributed by atoms with Crippen LogP contribution in [0.15, 0.2) is 42.5 Å². The second-order valence-corrected chi connectivity index (χ2v) is 5.92. The van der Waals surface area contributed by atoms with Crippen LogP contribution in [0.1, 0.15) is 34.4 Å². The first-order valence-electron chi connectivity index (χ1n) is 7.33. The van der Waals surface area contributed by atoms with Crippen molar-refractivity contribution in [3.05, 3.63) is 69.7 Å². The lowest BCUT2D eigenvalue weighted by Crippen LogP contribution is -2.29. The predicted molar refractivity (Wildman–Crippen MR) is 86.8 cm³/mol. The summed E-state index contributed by atoms with van der Waals surface area (Å²) in [4.78, 5) is 0. The minimum atomic E-state index is 0.0266. The lowest BCUT2D eigenvalue weighted by Gasteiger charge is -2.33. The maximum absolute atomic E-state index is 6.29. The van der Waals surface area contributed by atoms with Crippen molar-refractivity contribution in [2.75, 3.05) is 13.7 Å². The van der Waals surface area contributed by atoms with Crippen LogP contribution in [0, 0.1) is 6.92 Å². The van der Waals surface area contributed by atoms with E-state index in [1.165, 1.54) is 11.1 Å². The summed E-state index contributed by atoms with van der Waals surface area (Å²) in [6, 6.07) is 14.9. The number of fused-ring (bicyclic) bond motifs is 1. The molecule has 0 fully saturated rings. The third kappa shape index (κ3) is 2.84. The van der Waals surface area contributed by atoms with Gasteiger partial charge in [-0.3, -0.25) is 0 Å². The maximum atomic E-state index is 6.29. The molecule has 0 saturated carbocycles. The van der Waals surface area contributed by atoms with Crippen LogP contribution in [0.25, 0.3) is 0 Å². The molecule has 1 aliphatic rings. The predicted octanol–water partition coefficient (Wildman–Crippen LogP) is 4.22. The Morgan fingerprint density at radius 2 is 2.05 bits per heavy atom. The zero-order valence-corrected chi connectivity index (χ0v) is 13.2. The van der Waals surface area contributed by atoms with Crippen molar-refractivity contribution in [1.82, 2.24) is 5.32 Å². The Labute approximate surface area is 131 Å². The highest BCUT2D eigenvalue weighted by molar-refractivity contribution is 6.31. The van der Waals surface area contributed by atoms with Crippen molar-refractivity contribution in [3.63, 3.8) is 0 Å². The molecule has 2 nitrogen and oxygen atoms in total. The first-order valence-corrected chi connectivity index (χ1v) is 7.71. The molecule has 0 bridgehead atoms. The van der Waals surface area contributed by atoms with Crippen molar-refractivity contribution >= 4 is 11.6 Å². The normalized spacial score (nSPS) is 19.1. The number of halogens is 1. The van der Waals surface area contributed by atoms with E-state index in [0.717, 1.165) is 29.2 Å². The van der Waals surface area contributed by atoms with Crippen LogP contribution in [0.3, 0.4) is 0 Å². The van der Waals surface area contributed by atoms with Gasteiger partial charge >= 0.3 is 0 Å². The quantitative estimate of drug-likeness (QED) is 0.916. The monoisotopic (exact) mass is 301 g/mol. The SMILES string of the molecule is CNC(c1ccc(C)c(Cl)c1)C1OCCc2ccccc21. The minimum absolute atomic E-state index is 0.0266. The molecule has 0 saturated heterocycles. The Balaban J connectivity index is 1.99. The summed E-state index contributed by atoms with van der Waals surface area (Å²) in [7, 11) is 1.97. The molecule has 1 aliphatic heterocycles. The van der Waals surface area contributed by atoms with Crippen molar-refractivity contribution < 1.29 is 4.74 Å². The Hall–Kier alpha value is -1.35. The van der Waals surface area contributed by atoms with Crippen LogP contribution in [0.5, 0.6) is 0 Å². The number of rotatable bonds is 3. The number of nitrogens with one attached hydrogen (secondary N) is 1. The Kier molecular flexibility index (Phi) is 4.29. The molecule has 0 spiro atoms. The van der Waals surface area contributed by atoms with Crippen LogP contribution in [0.2, 0.25) is 5.02 Å². The fourth-order valence-corrected chi connectivity index (χ4v) is 3.19. The van der Waals surface area contributed by atoms with Gasteiger partial charge in [0.1, 0.15) is 6.10 Å². The van der Waals surface area contributed by atoms with Crippen LogP contribution in [-0.2, 0) is 11.2 Å². The van der Waals surface area contributed by atoms with E-state index in [2.05, 4.69) is 41.7 Å². The van der Waals surface area contributed by atoms with E-state index in [1.54, 1.807) is 0 Å². The van der Waals surface area contributed by atoms with Gasteiger partial charge in [-0.05, 0) is 48.7 Å². The molecular formula is C18H20ClNO. The van der Waals surface area contributed by atoms with Gasteiger partial charge in [0.15, 0.2) is 0 Å². The molecule has 3 rings (SSSR count). The molecule has 3 heteroatoms. The number of aryl methyl sites for hydroxylation is 1. The molecule has 2 aromatic carbocycles. The average Bonchev–Trinajstić information content (AvgIpc) is 2.52. The molecule has 0 aromatic heterocycles. The van der Waals surface area contributed by atoms with E-state index >= 15 is 0 Å². The summed E-state index contributed by atoms with van der Waals surface area (Å²) < 4.78 is 6.08. The topological polar surface area (TPSA) is 21.3 Å². The molecule has 1 heterocycles. The highest BCUT2D eigenvalue weighted by Crippen LogP contribution is 2.37. The molecule has 1 N–H and O–H groups in total. The second kappa shape index (κ2) is 6.18. The molecule has 0 aliphatic carbocycles. The summed E-state index contributed by atoms with van der Waals surface area (Å²) in [6.45, 7) is 2.78. The molecule has 2 unspecified atom stereocenters. The van der Waals surface area contributed by atoms with Gasteiger partial charge in [0, 0.05) is 5.02 Å². The van der Waals surface area contributed by atoms with Gasteiger partial charge in [0.2, 0.25) is 0 Å². The van der Waals surface area contributed by atoms with E-state index in [-0.39, 0.29) is 12.1 Å². The zero-order valence-electron chi connectivity index (χ0n) is 12.4. The van der Waals surface area contributed by atoms with Gasteiger partial charge in [-0.25, -0.2) is 0 Å². The van der Waals surface area contributed by atoms with E-state index in [9.17, 15) is 0 Å². The van der Waals surface area contributed by atoms with Crippen LogP contribution < -0.4 is 5.32 Å². The van der Waals surface area contributed by atoms with Gasteiger partial charge in [-0.1, -0.05) is 48.0 Å². The molecule has 2 aromatic rings. The highest BCUT2D eigenvalue weighted by atomic mass is 35.5. The van der Waals surface area contributed by atoms with Crippen molar-refractivity contribution in [3.8, 4) is 0 Å². The van der Waals surface area contributed by atoms with Gasteiger partial charge in [-0.15, -0.1) is 0 Å². The lowest BCUT2D eigenvalue weighted by atomic mass is 9.89. The lowest BCUT2D eigenvalue weighted by molar-refractivity contribution is 0.0166. The van der Waals surface area contributed by atoms with E-state index in [4.69, 9.17) is 16.3 Å². The highest BCUT2D eigenvalue weighted by Gasteiger charge is 2.29. The van der Waals surface area contributed by atoms with Gasteiger partial charge in [0.25, 0.3) is 0 Å². The standard InChI is InChI=1S/C18H20ClNO/c1-12-7-8-14(11-16(12)19)17(20-2)18-15-6-4-3-5-13(15)9-10-21-18/h3-8,11,17-18,20H,9-10H2,1-2H3. The number of ether oxygens (including phenoxy) is 1. The van der Waals surface area contributed by atoms with Crippen molar-refractivity contribution in [2.24, 2.45) is 0 Å². The molecule has 21 heavy (non-hydrogen) atoms. The van der Waals surface area contributed by atoms with E-state index in [1.807, 2.05) is 20.0 Å². The third-order valence-corrected chi connectivity index (χ3v) is 4.61. The number of hydrogen-bond donors (Lipinski definition) is 1. The van der Waals surface area contributed by atoms with E-state index < -0.39 is 0 Å². The van der Waals surface area contributed by atoms with Gasteiger partial charge in [0.05, 0.1) is 12.6 Å². The average molecular weight is 302 g/mol. The zero-order chi connectivity index (χ0) is 14.8. The number of benzene rings is 2. The Bertz CT molecular complexity index is 641. The van der Waals surface area contributed by atoms with Crippen LogP contribution in [0.4, 0.5) is 0 Å². The van der Waals surface area contributed by atoms with Crippen LogP contribution >= 0.6 is 11.6 Å². The number of likely N-dealkylation sites (N-methyl/N-ethyl adjacent to an activating group) is 1. The number of hydrogen-bond acceptors (Lipinski definition) is 2. The Morgan fingerprint density at radius 1 is 1.24 bits per heavy atom. The summed E-state index contributed by atoms with van der Waals surface area (Å²) in [5.74, 6) is 0. The van der Waals surface area contributed by atoms with Crippen molar-refractivity contribution in [1.29, 1.82) is 0 Å². The molecule has 110 valence electrons.